The van der Waals surface area contributed by atoms with E-state index in [0.717, 1.165) is 10.4 Å². The van der Waals surface area contributed by atoms with Gasteiger partial charge in [0.15, 0.2) is 0 Å². The number of amides is 1. The van der Waals surface area contributed by atoms with Crippen molar-refractivity contribution < 1.29 is 22.7 Å². The SMILES string of the molecule is COC(=O)c1cc(C)sc1NC(=O)CN1CCN(S(=O)(=O)c2ccc(C)cc2)CC1. The Hall–Kier alpha value is -2.27. The van der Waals surface area contributed by atoms with Crippen molar-refractivity contribution in [1.82, 2.24) is 9.21 Å². The molecule has 1 amide bonds. The van der Waals surface area contributed by atoms with Gasteiger partial charge in [0.05, 0.1) is 24.1 Å². The number of esters is 1. The molecule has 0 atom stereocenters. The molecule has 1 fully saturated rings. The number of sulfonamides is 1. The first-order chi connectivity index (χ1) is 14.2. The zero-order valence-corrected chi connectivity index (χ0v) is 18.8. The highest BCUT2D eigenvalue weighted by atomic mass is 32.2. The fourth-order valence-corrected chi connectivity index (χ4v) is 5.56. The number of carbonyl (C=O) groups excluding carboxylic acids is 2. The second-order valence-electron chi connectivity index (χ2n) is 7.13. The van der Waals surface area contributed by atoms with E-state index in [9.17, 15) is 18.0 Å². The minimum atomic E-state index is -3.54. The highest BCUT2D eigenvalue weighted by molar-refractivity contribution is 7.89. The zero-order chi connectivity index (χ0) is 21.9. The summed E-state index contributed by atoms with van der Waals surface area (Å²) in [7, 11) is -2.24. The molecular formula is C20H25N3O5S2. The van der Waals surface area contributed by atoms with Gasteiger partial charge >= 0.3 is 5.97 Å². The van der Waals surface area contributed by atoms with Crippen molar-refractivity contribution in [3.05, 3.63) is 46.3 Å². The molecule has 1 aromatic carbocycles. The molecule has 30 heavy (non-hydrogen) atoms. The Morgan fingerprint density at radius 3 is 2.33 bits per heavy atom. The smallest absolute Gasteiger partial charge is 0.340 e. The number of nitrogens with zero attached hydrogens (tertiary/aromatic N) is 2. The first-order valence-corrected chi connectivity index (χ1v) is 11.7. The van der Waals surface area contributed by atoms with Gasteiger partial charge in [0.1, 0.15) is 5.00 Å². The third kappa shape index (κ3) is 5.07. The molecule has 2 heterocycles. The quantitative estimate of drug-likeness (QED) is 0.676. The number of benzene rings is 1. The maximum absolute atomic E-state index is 12.8. The lowest BCUT2D eigenvalue weighted by atomic mass is 10.2. The van der Waals surface area contributed by atoms with Crippen LogP contribution in [0.2, 0.25) is 0 Å². The summed E-state index contributed by atoms with van der Waals surface area (Å²) in [4.78, 5) is 27.4. The fraction of sp³-hybridized carbons (Fsp3) is 0.400. The first-order valence-electron chi connectivity index (χ1n) is 9.48. The molecule has 3 rings (SSSR count). The van der Waals surface area contributed by atoms with Crippen molar-refractivity contribution in [3.63, 3.8) is 0 Å². The van der Waals surface area contributed by atoms with Gasteiger partial charge in [0, 0.05) is 31.1 Å². The molecule has 1 aliphatic heterocycles. The van der Waals surface area contributed by atoms with Gasteiger partial charge in [-0.05, 0) is 32.0 Å². The van der Waals surface area contributed by atoms with E-state index in [1.54, 1.807) is 30.3 Å². The molecule has 1 aliphatic rings. The van der Waals surface area contributed by atoms with Crippen LogP contribution in [0.1, 0.15) is 20.8 Å². The lowest BCUT2D eigenvalue weighted by Crippen LogP contribution is -2.50. The number of rotatable bonds is 6. The van der Waals surface area contributed by atoms with E-state index in [1.165, 1.54) is 22.8 Å². The van der Waals surface area contributed by atoms with Crippen LogP contribution in [-0.2, 0) is 19.6 Å². The summed E-state index contributed by atoms with van der Waals surface area (Å²) in [6, 6.07) is 8.48. The van der Waals surface area contributed by atoms with E-state index in [2.05, 4.69) is 5.32 Å². The van der Waals surface area contributed by atoms with E-state index >= 15 is 0 Å². The van der Waals surface area contributed by atoms with E-state index < -0.39 is 16.0 Å². The Kier molecular flexibility index (Phi) is 6.91. The predicted octanol–water partition coefficient (Wildman–Crippen LogP) is 2.10. The molecule has 0 unspecified atom stereocenters. The van der Waals surface area contributed by atoms with Crippen molar-refractivity contribution in [3.8, 4) is 0 Å². The number of piperazine rings is 1. The highest BCUT2D eigenvalue weighted by Crippen LogP contribution is 2.28. The average Bonchev–Trinajstić information content (AvgIpc) is 3.08. The largest absolute Gasteiger partial charge is 0.465 e. The number of thiophene rings is 1. The Balaban J connectivity index is 1.56. The molecule has 162 valence electrons. The van der Waals surface area contributed by atoms with E-state index in [-0.39, 0.29) is 17.3 Å². The van der Waals surface area contributed by atoms with Gasteiger partial charge in [0.25, 0.3) is 0 Å². The number of carbonyl (C=O) groups is 2. The lowest BCUT2D eigenvalue weighted by molar-refractivity contribution is -0.117. The van der Waals surface area contributed by atoms with E-state index in [0.29, 0.717) is 36.7 Å². The summed E-state index contributed by atoms with van der Waals surface area (Å²) in [6.45, 7) is 5.41. The number of anilines is 1. The van der Waals surface area contributed by atoms with Crippen molar-refractivity contribution in [2.24, 2.45) is 0 Å². The number of aryl methyl sites for hydroxylation is 2. The number of hydrogen-bond donors (Lipinski definition) is 1. The normalized spacial score (nSPS) is 15.7. The van der Waals surface area contributed by atoms with Gasteiger partial charge < -0.3 is 10.1 Å². The maximum atomic E-state index is 12.8. The second-order valence-corrected chi connectivity index (χ2v) is 10.3. The van der Waals surface area contributed by atoms with Crippen LogP contribution < -0.4 is 5.32 Å². The fourth-order valence-electron chi connectivity index (χ4n) is 3.23. The van der Waals surface area contributed by atoms with Crippen LogP contribution >= 0.6 is 11.3 Å². The van der Waals surface area contributed by atoms with E-state index in [1.807, 2.05) is 18.7 Å². The van der Waals surface area contributed by atoms with Crippen LogP contribution in [-0.4, -0.2) is 69.3 Å². The van der Waals surface area contributed by atoms with Crippen LogP contribution in [0.4, 0.5) is 5.00 Å². The maximum Gasteiger partial charge on any atom is 0.340 e. The van der Waals surface area contributed by atoms with Crippen LogP contribution in [0.3, 0.4) is 0 Å². The molecule has 0 aliphatic carbocycles. The molecule has 0 bridgehead atoms. The first kappa shape index (κ1) is 22.4. The van der Waals surface area contributed by atoms with Gasteiger partial charge in [-0.3, -0.25) is 9.69 Å². The Morgan fingerprint density at radius 1 is 1.10 bits per heavy atom. The Labute approximate surface area is 180 Å². The van der Waals surface area contributed by atoms with Crippen LogP contribution in [0, 0.1) is 13.8 Å². The standard InChI is InChI=1S/C20H25N3O5S2/c1-14-4-6-16(7-5-14)30(26,27)23-10-8-22(9-11-23)13-18(24)21-19-17(20(25)28-3)12-15(2)29-19/h4-7,12H,8-11,13H2,1-3H3,(H,21,24). The molecule has 8 nitrogen and oxygen atoms in total. The van der Waals surface area contributed by atoms with Crippen LogP contribution in [0.25, 0.3) is 0 Å². The molecule has 1 saturated heterocycles. The number of ether oxygens (including phenoxy) is 1. The molecule has 0 spiro atoms. The minimum absolute atomic E-state index is 0.121. The minimum Gasteiger partial charge on any atom is -0.465 e. The predicted molar refractivity (Wildman–Crippen MR) is 115 cm³/mol. The second kappa shape index (κ2) is 9.25. The lowest BCUT2D eigenvalue weighted by Gasteiger charge is -2.33. The molecule has 1 aromatic heterocycles. The Bertz CT molecular complexity index is 1020. The molecule has 0 saturated carbocycles. The van der Waals surface area contributed by atoms with E-state index in [4.69, 9.17) is 4.74 Å². The monoisotopic (exact) mass is 451 g/mol. The number of methoxy groups -OCH3 is 1. The van der Waals surface area contributed by atoms with Gasteiger partial charge in [0.2, 0.25) is 15.9 Å². The Morgan fingerprint density at radius 2 is 1.73 bits per heavy atom. The van der Waals surface area contributed by atoms with Crippen molar-refractivity contribution in [2.45, 2.75) is 18.7 Å². The topological polar surface area (TPSA) is 96.0 Å². The van der Waals surface area contributed by atoms with Crippen molar-refractivity contribution in [1.29, 1.82) is 0 Å². The molecule has 1 N–H and O–H groups in total. The molecule has 10 heteroatoms. The summed E-state index contributed by atoms with van der Waals surface area (Å²) in [6.07, 6.45) is 0. The summed E-state index contributed by atoms with van der Waals surface area (Å²) in [5.41, 5.74) is 1.34. The third-order valence-corrected chi connectivity index (χ3v) is 7.75. The molecule has 0 radical (unpaired) electrons. The average molecular weight is 452 g/mol. The van der Waals surface area contributed by atoms with Gasteiger partial charge in [-0.1, -0.05) is 17.7 Å². The molecular weight excluding hydrogens is 426 g/mol. The number of nitrogens with one attached hydrogen (secondary N) is 1. The third-order valence-electron chi connectivity index (χ3n) is 4.87. The summed E-state index contributed by atoms with van der Waals surface area (Å²) < 4.78 is 31.8. The van der Waals surface area contributed by atoms with Gasteiger partial charge in [-0.25, -0.2) is 13.2 Å². The highest BCUT2D eigenvalue weighted by Gasteiger charge is 2.29. The van der Waals surface area contributed by atoms with Crippen molar-refractivity contribution >= 4 is 38.2 Å². The zero-order valence-electron chi connectivity index (χ0n) is 17.2. The van der Waals surface area contributed by atoms with Crippen LogP contribution in [0.15, 0.2) is 35.2 Å². The molecule has 2 aromatic rings. The number of hydrogen-bond acceptors (Lipinski definition) is 7. The van der Waals surface area contributed by atoms with Crippen molar-refractivity contribution in [2.75, 3.05) is 45.2 Å². The van der Waals surface area contributed by atoms with Gasteiger partial charge in [-0.15, -0.1) is 11.3 Å². The summed E-state index contributed by atoms with van der Waals surface area (Å²) >= 11 is 1.31. The van der Waals surface area contributed by atoms with Gasteiger partial charge in [-0.2, -0.15) is 4.31 Å². The summed E-state index contributed by atoms with van der Waals surface area (Å²) in [5.74, 6) is -0.749. The van der Waals surface area contributed by atoms with Crippen LogP contribution in [0.5, 0.6) is 0 Å². The summed E-state index contributed by atoms with van der Waals surface area (Å²) in [5, 5.41) is 3.23.